The molecule has 3 aliphatic carbocycles. The van der Waals surface area contributed by atoms with Crippen molar-refractivity contribution in [2.24, 2.45) is 35.5 Å². The third-order valence-corrected chi connectivity index (χ3v) is 9.37. The van der Waals surface area contributed by atoms with Crippen LogP contribution in [0.4, 0.5) is 0 Å². The number of nitrogens with zero attached hydrogens (tertiary/aromatic N) is 3. The molecule has 0 aromatic carbocycles. The van der Waals surface area contributed by atoms with E-state index in [2.05, 4.69) is 103 Å². The molecule has 0 aromatic heterocycles. The van der Waals surface area contributed by atoms with Crippen molar-refractivity contribution in [2.45, 2.75) is 40.0 Å². The Balaban J connectivity index is 1.43. The van der Waals surface area contributed by atoms with E-state index in [0.717, 1.165) is 101 Å². The van der Waals surface area contributed by atoms with E-state index < -0.39 is 0 Å². The van der Waals surface area contributed by atoms with Gasteiger partial charge in [0.05, 0.1) is 0 Å². The zero-order valence-corrected chi connectivity index (χ0v) is 27.2. The van der Waals surface area contributed by atoms with Crippen molar-refractivity contribution < 1.29 is 0 Å². The smallest absolute Gasteiger partial charge is 0.0379 e. The van der Waals surface area contributed by atoms with Crippen LogP contribution in [0.1, 0.15) is 40.0 Å². The second-order valence-electron chi connectivity index (χ2n) is 13.5. The van der Waals surface area contributed by atoms with Crippen LogP contribution >= 0.6 is 0 Å². The van der Waals surface area contributed by atoms with Gasteiger partial charge in [0.25, 0.3) is 0 Å². The maximum Gasteiger partial charge on any atom is 0.0379 e. The Morgan fingerprint density at radius 3 is 1.90 bits per heavy atom. The summed E-state index contributed by atoms with van der Waals surface area (Å²) in [5.74, 6) is 4.30. The van der Waals surface area contributed by atoms with E-state index in [0.29, 0.717) is 17.8 Å². The molecule has 3 aliphatic rings. The number of rotatable bonds is 22. The molecule has 0 saturated heterocycles. The molecule has 234 valence electrons. The largest absolute Gasteiger partial charge is 0.387 e. The fourth-order valence-corrected chi connectivity index (χ4v) is 6.95. The Morgan fingerprint density at radius 2 is 1.31 bits per heavy atom. The van der Waals surface area contributed by atoms with Gasteiger partial charge in [-0.1, -0.05) is 75.6 Å². The van der Waals surface area contributed by atoms with Crippen LogP contribution in [0.3, 0.4) is 0 Å². The van der Waals surface area contributed by atoms with Crippen molar-refractivity contribution in [3.8, 4) is 0 Å². The summed E-state index contributed by atoms with van der Waals surface area (Å²) >= 11 is 0. The highest BCUT2D eigenvalue weighted by Gasteiger charge is 2.35. The van der Waals surface area contributed by atoms with Crippen molar-refractivity contribution in [3.63, 3.8) is 0 Å². The van der Waals surface area contributed by atoms with Gasteiger partial charge in [-0.3, -0.25) is 14.7 Å². The van der Waals surface area contributed by atoms with Crippen LogP contribution in [-0.4, -0.2) is 86.7 Å². The first-order valence-electron chi connectivity index (χ1n) is 16.4. The number of hydrogen-bond donors (Lipinski definition) is 2. The van der Waals surface area contributed by atoms with Crippen molar-refractivity contribution in [2.75, 3.05) is 72.0 Å². The minimum Gasteiger partial charge on any atom is -0.387 e. The molecule has 2 N–H and O–H groups in total. The van der Waals surface area contributed by atoms with Gasteiger partial charge in [0, 0.05) is 83.4 Å². The summed E-state index contributed by atoms with van der Waals surface area (Å²) < 4.78 is 0. The van der Waals surface area contributed by atoms with E-state index in [1.165, 1.54) is 24.8 Å². The summed E-state index contributed by atoms with van der Waals surface area (Å²) in [6.07, 6.45) is 17.5. The van der Waals surface area contributed by atoms with E-state index in [9.17, 15) is 0 Å². The van der Waals surface area contributed by atoms with Gasteiger partial charge >= 0.3 is 0 Å². The van der Waals surface area contributed by atoms with Gasteiger partial charge in [0.2, 0.25) is 0 Å². The summed E-state index contributed by atoms with van der Waals surface area (Å²) in [5, 5.41) is 7.32. The number of allylic oxidation sites excluding steroid dienone is 4. The van der Waals surface area contributed by atoms with Crippen LogP contribution in [-0.2, 0) is 0 Å². The molecule has 0 aromatic rings. The van der Waals surface area contributed by atoms with Gasteiger partial charge in [-0.2, -0.15) is 0 Å². The van der Waals surface area contributed by atoms with Crippen LogP contribution in [0.2, 0.25) is 0 Å². The van der Waals surface area contributed by atoms with E-state index in [-0.39, 0.29) is 0 Å². The number of fused-ring (bicyclic) bond motifs is 2. The number of hydrogen-bond acceptors (Lipinski definition) is 5. The fourth-order valence-electron chi connectivity index (χ4n) is 6.95. The van der Waals surface area contributed by atoms with Gasteiger partial charge in [-0.25, -0.2) is 0 Å². The molecule has 0 spiro atoms. The zero-order valence-electron chi connectivity index (χ0n) is 27.2. The van der Waals surface area contributed by atoms with Crippen LogP contribution in [0.25, 0.3) is 0 Å². The lowest BCUT2D eigenvalue weighted by Gasteiger charge is -2.31. The lowest BCUT2D eigenvalue weighted by molar-refractivity contribution is 0.204. The van der Waals surface area contributed by atoms with E-state index in [4.69, 9.17) is 0 Å². The predicted molar refractivity (Wildman–Crippen MR) is 183 cm³/mol. The Kier molecular flexibility index (Phi) is 14.4. The first-order chi connectivity index (χ1) is 20.2. The maximum atomic E-state index is 4.38. The molecule has 0 amide bonds. The third kappa shape index (κ3) is 11.7. The average molecular weight is 576 g/mol. The molecule has 1 fully saturated rings. The van der Waals surface area contributed by atoms with Gasteiger partial charge in [0.1, 0.15) is 0 Å². The van der Waals surface area contributed by atoms with Gasteiger partial charge in [-0.15, -0.1) is 13.2 Å². The first-order valence-corrected chi connectivity index (χ1v) is 16.4. The molecule has 5 nitrogen and oxygen atoms in total. The lowest BCUT2D eigenvalue weighted by atomic mass is 9.80. The second-order valence-corrected chi connectivity index (χ2v) is 13.5. The van der Waals surface area contributed by atoms with Gasteiger partial charge < -0.3 is 10.6 Å². The highest BCUT2D eigenvalue weighted by molar-refractivity contribution is 5.11. The van der Waals surface area contributed by atoms with Crippen LogP contribution in [0.5, 0.6) is 0 Å². The first kappa shape index (κ1) is 34.2. The highest BCUT2D eigenvalue weighted by Crippen LogP contribution is 2.43. The molecule has 2 bridgehead atoms. The molecule has 42 heavy (non-hydrogen) atoms. The molecule has 6 atom stereocenters. The minimum absolute atomic E-state index is 0.621. The molecular weight excluding hydrogens is 514 g/mol. The standard InChI is InChI=1S/C37H61N5/c1-9-15-40(17-19-41(16-10-2)27-32(7)38-24-36-21-30(5)11-12-31(36)6)18-20-42(26-29(3)4)28-33(8)39-25-37-23-34-13-14-35(37)22-34/h9-14,30-31,34-39H,1-3,7-8,15-28H2,4-6H3. The van der Waals surface area contributed by atoms with Gasteiger partial charge in [-0.05, 0) is 61.7 Å². The van der Waals surface area contributed by atoms with Gasteiger partial charge in [0.15, 0.2) is 0 Å². The summed E-state index contributed by atoms with van der Waals surface area (Å²) in [7, 11) is 0. The molecule has 0 aliphatic heterocycles. The number of nitrogens with one attached hydrogen (secondary N) is 2. The minimum atomic E-state index is 0.621. The summed E-state index contributed by atoms with van der Waals surface area (Å²) in [6.45, 7) is 38.0. The monoisotopic (exact) mass is 575 g/mol. The van der Waals surface area contributed by atoms with Crippen molar-refractivity contribution >= 4 is 0 Å². The molecule has 0 heterocycles. The molecule has 6 unspecified atom stereocenters. The predicted octanol–water partition coefficient (Wildman–Crippen LogP) is 6.11. The third-order valence-electron chi connectivity index (χ3n) is 9.37. The van der Waals surface area contributed by atoms with Crippen LogP contribution in [0.15, 0.2) is 86.3 Å². The normalized spacial score (nSPS) is 26.2. The zero-order chi connectivity index (χ0) is 30.5. The summed E-state index contributed by atoms with van der Waals surface area (Å²) in [5.41, 5.74) is 3.41. The topological polar surface area (TPSA) is 33.8 Å². The highest BCUT2D eigenvalue weighted by atomic mass is 15.2. The van der Waals surface area contributed by atoms with E-state index in [1.54, 1.807) is 0 Å². The van der Waals surface area contributed by atoms with Crippen LogP contribution < -0.4 is 10.6 Å². The fraction of sp³-hybridized carbons (Fsp3) is 0.622. The maximum absolute atomic E-state index is 4.38. The van der Waals surface area contributed by atoms with Crippen molar-refractivity contribution in [1.82, 2.24) is 25.3 Å². The Hall–Kier alpha value is -2.34. The lowest BCUT2D eigenvalue weighted by Crippen LogP contribution is -2.42. The molecule has 5 heteroatoms. The molecular formula is C37H61N5. The van der Waals surface area contributed by atoms with E-state index in [1.807, 2.05) is 12.2 Å². The second kappa shape index (κ2) is 17.7. The van der Waals surface area contributed by atoms with E-state index >= 15 is 0 Å². The van der Waals surface area contributed by atoms with Crippen molar-refractivity contribution in [1.29, 1.82) is 0 Å². The summed E-state index contributed by atoms with van der Waals surface area (Å²) in [6, 6.07) is 0. The Bertz CT molecular complexity index is 963. The average Bonchev–Trinajstić information content (AvgIpc) is 3.57. The molecule has 1 saturated carbocycles. The Labute approximate surface area is 258 Å². The SMILES string of the molecule is C=CCN(CCN(CC=C)CC(=C)NCC1CC(C)C=CC1C)CCN(CC(=C)C)CC(=C)NCC1CC2C=CC1C2. The molecule has 0 radical (unpaired) electrons. The summed E-state index contributed by atoms with van der Waals surface area (Å²) in [4.78, 5) is 7.41. The molecule has 3 rings (SSSR count). The van der Waals surface area contributed by atoms with Crippen LogP contribution in [0, 0.1) is 35.5 Å². The van der Waals surface area contributed by atoms with Crippen molar-refractivity contribution in [3.05, 3.63) is 86.3 Å². The Morgan fingerprint density at radius 1 is 0.714 bits per heavy atom. The quantitative estimate of drug-likeness (QED) is 0.152.